The van der Waals surface area contributed by atoms with Crippen molar-refractivity contribution >= 4 is 5.69 Å². The van der Waals surface area contributed by atoms with E-state index in [-0.39, 0.29) is 0 Å². The monoisotopic (exact) mass is 253 g/mol. The van der Waals surface area contributed by atoms with E-state index in [1.165, 1.54) is 33.5 Å². The van der Waals surface area contributed by atoms with Gasteiger partial charge in [-0.1, -0.05) is 47.5 Å². The number of benzene rings is 2. The third-order valence-corrected chi connectivity index (χ3v) is 3.62. The van der Waals surface area contributed by atoms with Crippen molar-refractivity contribution in [3.05, 3.63) is 64.2 Å². The zero-order valence-electron chi connectivity index (χ0n) is 12.5. The summed E-state index contributed by atoms with van der Waals surface area (Å²) in [5, 5.41) is 3.64. The van der Waals surface area contributed by atoms with Crippen LogP contribution in [0.3, 0.4) is 0 Å². The van der Waals surface area contributed by atoms with Gasteiger partial charge < -0.3 is 5.32 Å². The first kappa shape index (κ1) is 13.7. The summed E-state index contributed by atoms with van der Waals surface area (Å²) in [5.41, 5.74) is 7.85. The minimum atomic E-state index is 0.320. The summed E-state index contributed by atoms with van der Waals surface area (Å²) in [4.78, 5) is 0. The molecule has 1 unspecified atom stereocenters. The van der Waals surface area contributed by atoms with E-state index in [4.69, 9.17) is 0 Å². The normalized spacial score (nSPS) is 12.3. The molecule has 0 saturated carbocycles. The fraction of sp³-hybridized carbons (Fsp3) is 0.333. The topological polar surface area (TPSA) is 12.0 Å². The molecule has 0 saturated heterocycles. The van der Waals surface area contributed by atoms with Gasteiger partial charge in [0.2, 0.25) is 0 Å². The predicted octanol–water partition coefficient (Wildman–Crippen LogP) is 5.09. The Kier molecular flexibility index (Phi) is 3.94. The zero-order valence-corrected chi connectivity index (χ0v) is 12.5. The van der Waals surface area contributed by atoms with E-state index >= 15 is 0 Å². The number of hydrogen-bond acceptors (Lipinski definition) is 1. The van der Waals surface area contributed by atoms with Crippen LogP contribution >= 0.6 is 0 Å². The number of aryl methyl sites for hydroxylation is 4. The highest BCUT2D eigenvalue weighted by molar-refractivity contribution is 5.59. The molecule has 2 aromatic rings. The van der Waals surface area contributed by atoms with Gasteiger partial charge in [0.25, 0.3) is 0 Å². The predicted molar refractivity (Wildman–Crippen MR) is 83.9 cm³/mol. The second-order valence-electron chi connectivity index (χ2n) is 5.55. The fourth-order valence-electron chi connectivity index (χ4n) is 2.56. The third-order valence-electron chi connectivity index (χ3n) is 3.62. The Morgan fingerprint density at radius 1 is 0.789 bits per heavy atom. The third kappa shape index (κ3) is 3.17. The number of anilines is 1. The van der Waals surface area contributed by atoms with E-state index in [1.807, 2.05) is 0 Å². The smallest absolute Gasteiger partial charge is 0.0485 e. The van der Waals surface area contributed by atoms with Gasteiger partial charge in [-0.15, -0.1) is 0 Å². The molecule has 0 aromatic heterocycles. The van der Waals surface area contributed by atoms with E-state index in [1.54, 1.807) is 0 Å². The summed E-state index contributed by atoms with van der Waals surface area (Å²) in [6.07, 6.45) is 0. The second kappa shape index (κ2) is 5.48. The summed E-state index contributed by atoms with van der Waals surface area (Å²) >= 11 is 0. The molecule has 0 spiro atoms. The summed E-state index contributed by atoms with van der Waals surface area (Å²) < 4.78 is 0. The highest BCUT2D eigenvalue weighted by Crippen LogP contribution is 2.26. The molecule has 19 heavy (non-hydrogen) atoms. The van der Waals surface area contributed by atoms with Crippen LogP contribution in [0.4, 0.5) is 5.69 Å². The Morgan fingerprint density at radius 3 is 1.84 bits per heavy atom. The first-order valence-electron chi connectivity index (χ1n) is 6.88. The highest BCUT2D eigenvalue weighted by atomic mass is 14.9. The van der Waals surface area contributed by atoms with Gasteiger partial charge in [0.05, 0.1) is 0 Å². The molecule has 0 fully saturated rings. The fourth-order valence-corrected chi connectivity index (χ4v) is 2.56. The van der Waals surface area contributed by atoms with Crippen LogP contribution in [0.2, 0.25) is 0 Å². The molecule has 0 aliphatic rings. The van der Waals surface area contributed by atoms with Crippen molar-refractivity contribution in [1.29, 1.82) is 0 Å². The van der Waals surface area contributed by atoms with Crippen LogP contribution in [0.1, 0.15) is 40.8 Å². The maximum Gasteiger partial charge on any atom is 0.0485 e. The van der Waals surface area contributed by atoms with E-state index in [9.17, 15) is 0 Å². The van der Waals surface area contributed by atoms with Crippen LogP contribution < -0.4 is 5.32 Å². The van der Waals surface area contributed by atoms with Gasteiger partial charge in [0.15, 0.2) is 0 Å². The van der Waals surface area contributed by atoms with Crippen LogP contribution in [-0.4, -0.2) is 0 Å². The Bertz CT molecular complexity index is 544. The summed E-state index contributed by atoms with van der Waals surface area (Å²) in [5.74, 6) is 0. The maximum atomic E-state index is 3.64. The SMILES string of the molecule is Cc1ccc(C(C)Nc2c(C)cc(C)cc2C)cc1. The molecule has 2 aromatic carbocycles. The Morgan fingerprint density at radius 2 is 1.32 bits per heavy atom. The largest absolute Gasteiger partial charge is 0.378 e. The van der Waals surface area contributed by atoms with Crippen LogP contribution in [0.15, 0.2) is 36.4 Å². The quantitative estimate of drug-likeness (QED) is 0.803. The van der Waals surface area contributed by atoms with Gasteiger partial charge >= 0.3 is 0 Å². The molecule has 0 aliphatic heterocycles. The summed E-state index contributed by atoms with van der Waals surface area (Å²) in [6, 6.07) is 13.5. The Hall–Kier alpha value is -1.76. The van der Waals surface area contributed by atoms with E-state index < -0.39 is 0 Å². The van der Waals surface area contributed by atoms with Gasteiger partial charge in [-0.05, 0) is 51.3 Å². The van der Waals surface area contributed by atoms with Crippen molar-refractivity contribution in [3.8, 4) is 0 Å². The van der Waals surface area contributed by atoms with Crippen LogP contribution in [-0.2, 0) is 0 Å². The molecule has 1 heteroatoms. The Balaban J connectivity index is 2.24. The zero-order chi connectivity index (χ0) is 14.0. The van der Waals surface area contributed by atoms with Crippen molar-refractivity contribution in [2.45, 2.75) is 40.7 Å². The molecule has 0 heterocycles. The van der Waals surface area contributed by atoms with Gasteiger partial charge in [0.1, 0.15) is 0 Å². The van der Waals surface area contributed by atoms with Gasteiger partial charge in [-0.3, -0.25) is 0 Å². The van der Waals surface area contributed by atoms with Crippen molar-refractivity contribution in [3.63, 3.8) is 0 Å². The highest BCUT2D eigenvalue weighted by Gasteiger charge is 2.09. The van der Waals surface area contributed by atoms with Gasteiger partial charge in [-0.2, -0.15) is 0 Å². The van der Waals surface area contributed by atoms with Crippen LogP contribution in [0, 0.1) is 27.7 Å². The lowest BCUT2D eigenvalue weighted by Crippen LogP contribution is -2.09. The van der Waals surface area contributed by atoms with E-state index in [0.29, 0.717) is 6.04 Å². The van der Waals surface area contributed by atoms with E-state index in [0.717, 1.165) is 0 Å². The number of rotatable bonds is 3. The molecule has 1 nitrogen and oxygen atoms in total. The average molecular weight is 253 g/mol. The lowest BCUT2D eigenvalue weighted by atomic mass is 10.0. The number of nitrogens with one attached hydrogen (secondary N) is 1. The molecule has 2 rings (SSSR count). The van der Waals surface area contributed by atoms with Gasteiger partial charge in [0, 0.05) is 11.7 Å². The van der Waals surface area contributed by atoms with Crippen LogP contribution in [0.5, 0.6) is 0 Å². The van der Waals surface area contributed by atoms with E-state index in [2.05, 4.69) is 76.3 Å². The maximum absolute atomic E-state index is 3.64. The molecular weight excluding hydrogens is 230 g/mol. The lowest BCUT2D eigenvalue weighted by molar-refractivity contribution is 0.879. The Labute approximate surface area is 116 Å². The first-order valence-corrected chi connectivity index (χ1v) is 6.88. The van der Waals surface area contributed by atoms with Gasteiger partial charge in [-0.25, -0.2) is 0 Å². The van der Waals surface area contributed by atoms with Crippen LogP contribution in [0.25, 0.3) is 0 Å². The molecule has 1 atom stereocenters. The first-order chi connectivity index (χ1) is 8.97. The molecule has 1 N–H and O–H groups in total. The average Bonchev–Trinajstić information content (AvgIpc) is 2.34. The molecule has 0 aliphatic carbocycles. The molecule has 100 valence electrons. The lowest BCUT2D eigenvalue weighted by Gasteiger charge is -2.20. The second-order valence-corrected chi connectivity index (χ2v) is 5.55. The van der Waals surface area contributed by atoms with Crippen molar-refractivity contribution < 1.29 is 0 Å². The molecular formula is C18H23N. The number of hydrogen-bond donors (Lipinski definition) is 1. The molecule has 0 amide bonds. The molecule has 0 bridgehead atoms. The molecule has 0 radical (unpaired) electrons. The minimum absolute atomic E-state index is 0.320. The minimum Gasteiger partial charge on any atom is -0.378 e. The summed E-state index contributed by atoms with van der Waals surface area (Å²) in [7, 11) is 0. The van der Waals surface area contributed by atoms with Crippen molar-refractivity contribution in [2.75, 3.05) is 5.32 Å². The summed E-state index contributed by atoms with van der Waals surface area (Å²) in [6.45, 7) is 10.8. The van der Waals surface area contributed by atoms with Crippen molar-refractivity contribution in [2.24, 2.45) is 0 Å². The van der Waals surface area contributed by atoms with Crippen molar-refractivity contribution in [1.82, 2.24) is 0 Å². The standard InChI is InChI=1S/C18H23N/c1-12-6-8-17(9-7-12)16(5)19-18-14(3)10-13(2)11-15(18)4/h6-11,16,19H,1-5H3.